The molecule has 16 heavy (non-hydrogen) atoms. The number of nitrogens with zero attached hydrogens (tertiary/aromatic N) is 2. The van der Waals surface area contributed by atoms with Crippen molar-refractivity contribution in [3.63, 3.8) is 0 Å². The van der Waals surface area contributed by atoms with Crippen LogP contribution in [0.2, 0.25) is 0 Å². The highest BCUT2D eigenvalue weighted by atomic mass is 79.9. The Morgan fingerprint density at radius 1 is 1.50 bits per heavy atom. The molecule has 5 heteroatoms. The van der Waals surface area contributed by atoms with Gasteiger partial charge < -0.3 is 9.67 Å². The van der Waals surface area contributed by atoms with Gasteiger partial charge in [-0.2, -0.15) is 0 Å². The van der Waals surface area contributed by atoms with Crippen LogP contribution in [-0.2, 0) is 6.42 Å². The smallest absolute Gasteiger partial charge is 0.131 e. The van der Waals surface area contributed by atoms with E-state index in [0.717, 1.165) is 39.4 Å². The Labute approximate surface area is 106 Å². The van der Waals surface area contributed by atoms with E-state index >= 15 is 0 Å². The number of fused-ring (bicyclic) bond motifs is 1. The average Bonchev–Trinajstić information content (AvgIpc) is 2.84. The summed E-state index contributed by atoms with van der Waals surface area (Å²) in [7, 11) is 0. The van der Waals surface area contributed by atoms with E-state index in [1.807, 2.05) is 16.8 Å². The standard InChI is InChI=1S/C11H11BrN2OS/c12-9-5-4-8(16-9)7-6-14-10(13-7)2-1-3-11(14)15/h4-6,11,15H,1-3H2. The van der Waals surface area contributed by atoms with Crippen molar-refractivity contribution in [3.8, 4) is 10.6 Å². The van der Waals surface area contributed by atoms with Crippen LogP contribution in [0.4, 0.5) is 0 Å². The molecule has 0 spiro atoms. The minimum atomic E-state index is -0.395. The van der Waals surface area contributed by atoms with E-state index in [1.165, 1.54) is 0 Å². The SMILES string of the molecule is OC1CCCc2nc(-c3ccc(Br)s3)cn21. The molecule has 2 aromatic heterocycles. The van der Waals surface area contributed by atoms with E-state index in [2.05, 4.69) is 27.0 Å². The van der Waals surface area contributed by atoms with Crippen LogP contribution in [0.25, 0.3) is 10.6 Å². The Bertz CT molecular complexity index is 520. The van der Waals surface area contributed by atoms with Crippen molar-refractivity contribution in [1.82, 2.24) is 9.55 Å². The minimum Gasteiger partial charge on any atom is -0.373 e. The molecule has 0 saturated carbocycles. The first kappa shape index (κ1) is 10.5. The van der Waals surface area contributed by atoms with Crippen molar-refractivity contribution in [2.24, 2.45) is 0 Å². The van der Waals surface area contributed by atoms with Crippen molar-refractivity contribution in [2.75, 3.05) is 0 Å². The van der Waals surface area contributed by atoms with E-state index in [-0.39, 0.29) is 0 Å². The molecule has 0 fully saturated rings. The molecule has 0 saturated heterocycles. The van der Waals surface area contributed by atoms with E-state index in [4.69, 9.17) is 0 Å². The highest BCUT2D eigenvalue weighted by molar-refractivity contribution is 9.11. The Balaban J connectivity index is 2.04. The Kier molecular flexibility index (Phi) is 2.61. The summed E-state index contributed by atoms with van der Waals surface area (Å²) >= 11 is 5.11. The number of aliphatic hydroxyl groups excluding tert-OH is 1. The van der Waals surface area contributed by atoms with Crippen LogP contribution in [0.15, 0.2) is 22.1 Å². The fourth-order valence-corrected chi connectivity index (χ4v) is 3.37. The van der Waals surface area contributed by atoms with Gasteiger partial charge in [-0.05, 0) is 40.9 Å². The third-order valence-electron chi connectivity index (χ3n) is 2.82. The first-order chi connectivity index (χ1) is 7.74. The summed E-state index contributed by atoms with van der Waals surface area (Å²) in [5.41, 5.74) is 0.964. The summed E-state index contributed by atoms with van der Waals surface area (Å²) in [6.45, 7) is 0. The molecule has 84 valence electrons. The second kappa shape index (κ2) is 3.98. The van der Waals surface area contributed by atoms with Crippen LogP contribution in [0, 0.1) is 0 Å². The van der Waals surface area contributed by atoms with Crippen LogP contribution >= 0.6 is 27.3 Å². The lowest BCUT2D eigenvalue weighted by molar-refractivity contribution is 0.0781. The molecule has 1 aliphatic rings. The highest BCUT2D eigenvalue weighted by Crippen LogP contribution is 2.33. The van der Waals surface area contributed by atoms with Gasteiger partial charge in [0.1, 0.15) is 12.1 Å². The first-order valence-corrected chi connectivity index (χ1v) is 6.86. The maximum atomic E-state index is 9.84. The first-order valence-electron chi connectivity index (χ1n) is 5.25. The maximum Gasteiger partial charge on any atom is 0.131 e. The number of imidazole rings is 1. The molecular formula is C11H11BrN2OS. The molecular weight excluding hydrogens is 288 g/mol. The predicted octanol–water partition coefficient (Wildman–Crippen LogP) is 3.20. The number of hydrogen-bond acceptors (Lipinski definition) is 3. The number of hydrogen-bond donors (Lipinski definition) is 1. The molecule has 1 atom stereocenters. The van der Waals surface area contributed by atoms with Gasteiger partial charge in [-0.15, -0.1) is 11.3 Å². The fraction of sp³-hybridized carbons (Fsp3) is 0.364. The van der Waals surface area contributed by atoms with Crippen LogP contribution < -0.4 is 0 Å². The lowest BCUT2D eigenvalue weighted by Crippen LogP contribution is -2.16. The predicted molar refractivity (Wildman–Crippen MR) is 67.4 cm³/mol. The van der Waals surface area contributed by atoms with Crippen molar-refractivity contribution in [3.05, 3.63) is 27.9 Å². The van der Waals surface area contributed by atoms with Gasteiger partial charge in [0.05, 0.1) is 14.4 Å². The van der Waals surface area contributed by atoms with Crippen LogP contribution in [0.1, 0.15) is 24.9 Å². The van der Waals surface area contributed by atoms with E-state index < -0.39 is 6.23 Å². The summed E-state index contributed by atoms with van der Waals surface area (Å²) < 4.78 is 3.00. The Hall–Kier alpha value is -0.650. The van der Waals surface area contributed by atoms with E-state index in [1.54, 1.807) is 11.3 Å². The summed E-state index contributed by atoms with van der Waals surface area (Å²) in [4.78, 5) is 5.72. The van der Waals surface area contributed by atoms with Gasteiger partial charge in [-0.25, -0.2) is 4.98 Å². The zero-order chi connectivity index (χ0) is 11.1. The van der Waals surface area contributed by atoms with Crippen molar-refractivity contribution in [1.29, 1.82) is 0 Å². The molecule has 3 rings (SSSR count). The zero-order valence-corrected chi connectivity index (χ0v) is 11.0. The topological polar surface area (TPSA) is 38.1 Å². The van der Waals surface area contributed by atoms with Crippen molar-refractivity contribution < 1.29 is 5.11 Å². The number of aromatic nitrogens is 2. The van der Waals surface area contributed by atoms with Gasteiger partial charge in [0.2, 0.25) is 0 Å². The molecule has 3 heterocycles. The molecule has 1 N–H and O–H groups in total. The molecule has 2 aromatic rings. The largest absolute Gasteiger partial charge is 0.373 e. The lowest BCUT2D eigenvalue weighted by Gasteiger charge is -2.19. The van der Waals surface area contributed by atoms with Crippen LogP contribution in [-0.4, -0.2) is 14.7 Å². The van der Waals surface area contributed by atoms with Crippen molar-refractivity contribution in [2.45, 2.75) is 25.5 Å². The minimum absolute atomic E-state index is 0.395. The number of aryl methyl sites for hydroxylation is 1. The number of rotatable bonds is 1. The molecule has 0 aromatic carbocycles. The number of thiophene rings is 1. The quantitative estimate of drug-likeness (QED) is 0.878. The third-order valence-corrected chi connectivity index (χ3v) is 4.46. The summed E-state index contributed by atoms with van der Waals surface area (Å²) in [5.74, 6) is 0.998. The molecule has 1 unspecified atom stereocenters. The number of aliphatic hydroxyl groups is 1. The monoisotopic (exact) mass is 298 g/mol. The van der Waals surface area contributed by atoms with Gasteiger partial charge in [0.15, 0.2) is 0 Å². The third kappa shape index (κ3) is 1.73. The van der Waals surface area contributed by atoms with Gasteiger partial charge in [-0.3, -0.25) is 0 Å². The Morgan fingerprint density at radius 2 is 2.38 bits per heavy atom. The highest BCUT2D eigenvalue weighted by Gasteiger charge is 2.20. The van der Waals surface area contributed by atoms with Gasteiger partial charge >= 0.3 is 0 Å². The Morgan fingerprint density at radius 3 is 3.06 bits per heavy atom. The summed E-state index contributed by atoms with van der Waals surface area (Å²) in [6, 6.07) is 4.07. The van der Waals surface area contributed by atoms with Gasteiger partial charge in [0, 0.05) is 12.6 Å². The zero-order valence-electron chi connectivity index (χ0n) is 8.56. The molecule has 0 amide bonds. The van der Waals surface area contributed by atoms with Crippen LogP contribution in [0.3, 0.4) is 0 Å². The second-order valence-electron chi connectivity index (χ2n) is 3.93. The van der Waals surface area contributed by atoms with Crippen LogP contribution in [0.5, 0.6) is 0 Å². The summed E-state index contributed by atoms with van der Waals surface area (Å²) in [5, 5.41) is 9.84. The maximum absolute atomic E-state index is 9.84. The van der Waals surface area contributed by atoms with E-state index in [9.17, 15) is 5.11 Å². The van der Waals surface area contributed by atoms with Gasteiger partial charge in [0.25, 0.3) is 0 Å². The lowest BCUT2D eigenvalue weighted by atomic mass is 10.1. The summed E-state index contributed by atoms with van der Waals surface area (Å²) in [6.07, 6.45) is 4.37. The molecule has 1 aliphatic heterocycles. The fourth-order valence-electron chi connectivity index (χ4n) is 2.03. The second-order valence-corrected chi connectivity index (χ2v) is 6.39. The molecule has 0 aliphatic carbocycles. The molecule has 3 nitrogen and oxygen atoms in total. The average molecular weight is 299 g/mol. The number of halogens is 1. The normalized spacial score (nSPS) is 19.8. The van der Waals surface area contributed by atoms with Crippen molar-refractivity contribution >= 4 is 27.3 Å². The molecule has 0 bridgehead atoms. The molecule has 0 radical (unpaired) electrons. The van der Waals surface area contributed by atoms with Gasteiger partial charge in [-0.1, -0.05) is 0 Å². The van der Waals surface area contributed by atoms with E-state index in [0.29, 0.717) is 0 Å².